The van der Waals surface area contributed by atoms with Crippen molar-refractivity contribution >= 4 is 16.0 Å². The van der Waals surface area contributed by atoms with Gasteiger partial charge in [0.2, 0.25) is 16.0 Å². The molecule has 2 N–H and O–H groups in total. The monoisotopic (exact) mass is 527 g/mol. The second-order valence-corrected chi connectivity index (χ2v) is 12.3. The Hall–Kier alpha value is -2.44. The fourth-order valence-electron chi connectivity index (χ4n) is 4.89. The number of halogens is 3. The Bertz CT molecular complexity index is 1170. The van der Waals surface area contributed by atoms with Gasteiger partial charge in [-0.2, -0.15) is 0 Å². The Morgan fingerprint density at radius 3 is 2.22 bits per heavy atom. The zero-order chi connectivity index (χ0) is 26.2. The van der Waals surface area contributed by atoms with Crippen LogP contribution in [0.25, 0.3) is 0 Å². The van der Waals surface area contributed by atoms with Gasteiger partial charge in [0, 0.05) is 44.2 Å². The first-order valence-corrected chi connectivity index (χ1v) is 13.6. The summed E-state index contributed by atoms with van der Waals surface area (Å²) in [5.41, 5.74) is 6.21. The molecular formula is C24H32F3N5O3S. The molecule has 0 bridgehead atoms. The van der Waals surface area contributed by atoms with E-state index in [0.717, 1.165) is 6.07 Å². The molecule has 0 saturated carbocycles. The first kappa shape index (κ1) is 26.6. The largest absolute Gasteiger partial charge is 0.487 e. The predicted molar refractivity (Wildman–Crippen MR) is 130 cm³/mol. The Balaban J connectivity index is 1.35. The average Bonchev–Trinajstić information content (AvgIpc) is 3.23. The highest BCUT2D eigenvalue weighted by atomic mass is 32.2. The number of piperidine rings is 1. The van der Waals surface area contributed by atoms with Crippen molar-refractivity contribution in [1.82, 2.24) is 14.3 Å². The molecule has 3 heterocycles. The van der Waals surface area contributed by atoms with E-state index < -0.39 is 44.7 Å². The number of aromatic nitrogens is 2. The van der Waals surface area contributed by atoms with Gasteiger partial charge in [-0.25, -0.2) is 35.9 Å². The fourth-order valence-corrected chi connectivity index (χ4v) is 6.20. The molecule has 1 aromatic heterocycles. The highest BCUT2D eigenvalue weighted by Crippen LogP contribution is 2.32. The Morgan fingerprint density at radius 1 is 1.00 bits per heavy atom. The van der Waals surface area contributed by atoms with Gasteiger partial charge in [-0.1, -0.05) is 0 Å². The maximum Gasteiger partial charge on any atom is 0.225 e. The molecule has 2 aliphatic heterocycles. The third-order valence-corrected chi connectivity index (χ3v) is 9.42. The minimum Gasteiger partial charge on any atom is -0.487 e. The van der Waals surface area contributed by atoms with Crippen molar-refractivity contribution in [2.45, 2.75) is 56.9 Å². The molecule has 2 aliphatic rings. The molecule has 0 radical (unpaired) electrons. The van der Waals surface area contributed by atoms with Crippen molar-refractivity contribution in [2.75, 3.05) is 31.1 Å². The summed E-state index contributed by atoms with van der Waals surface area (Å²) in [6.07, 6.45) is 4.37. The van der Waals surface area contributed by atoms with Gasteiger partial charge in [0.25, 0.3) is 0 Å². The van der Waals surface area contributed by atoms with Gasteiger partial charge >= 0.3 is 0 Å². The van der Waals surface area contributed by atoms with Crippen LogP contribution in [-0.2, 0) is 10.0 Å². The average molecular weight is 528 g/mol. The topological polar surface area (TPSA) is 102 Å². The number of rotatable bonds is 7. The maximum atomic E-state index is 14.3. The van der Waals surface area contributed by atoms with Gasteiger partial charge in [0.05, 0.1) is 23.7 Å². The number of ether oxygens (including phenoxy) is 1. The zero-order valence-electron chi connectivity index (χ0n) is 20.6. The molecular weight excluding hydrogens is 495 g/mol. The van der Waals surface area contributed by atoms with Crippen LogP contribution in [0, 0.1) is 23.4 Å². The zero-order valence-corrected chi connectivity index (χ0v) is 21.4. The third kappa shape index (κ3) is 5.45. The van der Waals surface area contributed by atoms with Crippen LogP contribution in [0.4, 0.5) is 19.1 Å². The normalized spacial score (nSPS) is 22.8. The number of hydrogen-bond donors (Lipinski definition) is 1. The van der Waals surface area contributed by atoms with Crippen LogP contribution in [0.1, 0.15) is 45.1 Å². The van der Waals surface area contributed by atoms with Crippen LogP contribution in [-0.4, -0.2) is 66.3 Å². The third-order valence-electron chi connectivity index (χ3n) is 7.14. The lowest BCUT2D eigenvalue weighted by molar-refractivity contribution is 0.110. The lowest BCUT2D eigenvalue weighted by Gasteiger charge is -2.34. The van der Waals surface area contributed by atoms with Gasteiger partial charge in [-0.3, -0.25) is 0 Å². The maximum absolute atomic E-state index is 14.3. The van der Waals surface area contributed by atoms with E-state index in [1.54, 1.807) is 35.4 Å². The van der Waals surface area contributed by atoms with E-state index in [1.165, 1.54) is 0 Å². The van der Waals surface area contributed by atoms with E-state index in [-0.39, 0.29) is 24.1 Å². The minimum absolute atomic E-state index is 0.0323. The van der Waals surface area contributed by atoms with Crippen molar-refractivity contribution in [3.63, 3.8) is 0 Å². The second-order valence-electron chi connectivity index (χ2n) is 9.84. The molecule has 3 atom stereocenters. The summed E-state index contributed by atoms with van der Waals surface area (Å²) in [7, 11) is -3.25. The lowest BCUT2D eigenvalue weighted by atomic mass is 9.93. The van der Waals surface area contributed by atoms with E-state index >= 15 is 0 Å². The van der Waals surface area contributed by atoms with Crippen LogP contribution >= 0.6 is 0 Å². The quantitative estimate of drug-likeness (QED) is 0.553. The highest BCUT2D eigenvalue weighted by Gasteiger charge is 2.35. The summed E-state index contributed by atoms with van der Waals surface area (Å²) in [6, 6.07) is 0.895. The van der Waals surface area contributed by atoms with Gasteiger partial charge in [0.15, 0.2) is 17.4 Å². The van der Waals surface area contributed by atoms with Crippen molar-refractivity contribution in [2.24, 2.45) is 11.7 Å². The molecule has 2 aromatic rings. The molecule has 36 heavy (non-hydrogen) atoms. The van der Waals surface area contributed by atoms with Crippen LogP contribution < -0.4 is 15.4 Å². The molecule has 0 amide bonds. The molecule has 2 fully saturated rings. The summed E-state index contributed by atoms with van der Waals surface area (Å²) in [4.78, 5) is 10.5. The minimum atomic E-state index is -3.25. The van der Waals surface area contributed by atoms with Crippen LogP contribution in [0.2, 0.25) is 0 Å². The van der Waals surface area contributed by atoms with E-state index in [1.807, 2.05) is 6.92 Å². The molecule has 0 aliphatic carbocycles. The predicted octanol–water partition coefficient (Wildman–Crippen LogP) is 3.04. The number of nitrogens with zero attached hydrogens (tertiary/aromatic N) is 4. The molecule has 8 nitrogen and oxygen atoms in total. The van der Waals surface area contributed by atoms with Gasteiger partial charge in [-0.15, -0.1) is 0 Å². The van der Waals surface area contributed by atoms with Gasteiger partial charge < -0.3 is 15.4 Å². The Labute approximate surface area is 209 Å². The Morgan fingerprint density at radius 2 is 1.61 bits per heavy atom. The van der Waals surface area contributed by atoms with Crippen molar-refractivity contribution < 1.29 is 26.3 Å². The van der Waals surface area contributed by atoms with Gasteiger partial charge in [0.1, 0.15) is 5.82 Å². The lowest BCUT2D eigenvalue weighted by Crippen LogP contribution is -2.44. The van der Waals surface area contributed by atoms with Crippen LogP contribution in [0.5, 0.6) is 5.75 Å². The summed E-state index contributed by atoms with van der Waals surface area (Å²) in [6.45, 7) is 6.87. The summed E-state index contributed by atoms with van der Waals surface area (Å²) >= 11 is 0. The van der Waals surface area contributed by atoms with E-state index in [2.05, 4.69) is 9.97 Å². The van der Waals surface area contributed by atoms with Crippen LogP contribution in [0.15, 0.2) is 24.5 Å². The highest BCUT2D eigenvalue weighted by molar-refractivity contribution is 7.89. The van der Waals surface area contributed by atoms with E-state index in [4.69, 9.17) is 10.5 Å². The van der Waals surface area contributed by atoms with E-state index in [0.29, 0.717) is 50.2 Å². The second kappa shape index (κ2) is 10.5. The first-order chi connectivity index (χ1) is 17.0. The molecule has 198 valence electrons. The standard InChI is InChI=1S/C24H32F3N5O3S/c1-14(2)36(33,34)32-6-4-16(5-7-32)15(3)35-17-10-29-24(30-11-17)31-12-19(23(28)13-31)18-8-21(26)22(27)9-20(18)25/h8-11,14-16,19,23H,4-7,12-13,28H2,1-3H3/t15-,19?,23-/m0/s1. The fraction of sp³-hybridized carbons (Fsp3) is 0.583. The molecule has 12 heteroatoms. The van der Waals surface area contributed by atoms with Crippen molar-refractivity contribution in [1.29, 1.82) is 0 Å². The molecule has 2 saturated heterocycles. The number of hydrogen-bond acceptors (Lipinski definition) is 7. The summed E-state index contributed by atoms with van der Waals surface area (Å²) < 4.78 is 73.6. The number of sulfonamides is 1. The molecule has 1 unspecified atom stereocenters. The molecule has 4 rings (SSSR count). The first-order valence-electron chi connectivity index (χ1n) is 12.1. The summed E-state index contributed by atoms with van der Waals surface area (Å²) in [5.74, 6) is -2.66. The van der Waals surface area contributed by atoms with Crippen molar-refractivity contribution in [3.05, 3.63) is 47.5 Å². The molecule has 1 aromatic carbocycles. The number of benzene rings is 1. The van der Waals surface area contributed by atoms with Crippen molar-refractivity contribution in [3.8, 4) is 5.75 Å². The van der Waals surface area contributed by atoms with E-state index in [9.17, 15) is 21.6 Å². The number of nitrogens with two attached hydrogens (primary N) is 1. The van der Waals surface area contributed by atoms with Crippen LogP contribution in [0.3, 0.4) is 0 Å². The molecule has 0 spiro atoms. The SMILES string of the molecule is CC(C)S(=O)(=O)N1CCC([C@H](C)Oc2cnc(N3CC(c4cc(F)c(F)cc4F)[C@@H](N)C3)nc2)CC1. The smallest absolute Gasteiger partial charge is 0.225 e. The van der Waals surface area contributed by atoms with Gasteiger partial charge in [-0.05, 0) is 51.2 Å². The Kier molecular flexibility index (Phi) is 7.77. The number of anilines is 1. The summed E-state index contributed by atoms with van der Waals surface area (Å²) in [5, 5.41) is -0.435.